The molecule has 0 heterocycles. The van der Waals surface area contributed by atoms with Crippen LogP contribution in [0.2, 0.25) is 0 Å². The molecule has 2 N–H and O–H groups in total. The van der Waals surface area contributed by atoms with Crippen LogP contribution in [0.1, 0.15) is 25.3 Å². The molecule has 0 bridgehead atoms. The number of phenolic OH excluding ortho intramolecular Hbond substituents is 1. The monoisotopic (exact) mass is 252 g/mol. The average molecular weight is 252 g/mol. The first-order valence-electron chi connectivity index (χ1n) is 6.63. The highest BCUT2D eigenvalue weighted by molar-refractivity contribution is 5.27. The third-order valence-electron chi connectivity index (χ3n) is 3.39. The van der Waals surface area contributed by atoms with E-state index in [1.807, 2.05) is 0 Å². The van der Waals surface area contributed by atoms with Crippen molar-refractivity contribution >= 4 is 0 Å². The van der Waals surface area contributed by atoms with Gasteiger partial charge in [-0.15, -0.1) is 0 Å². The van der Waals surface area contributed by atoms with Gasteiger partial charge in [0.25, 0.3) is 0 Å². The van der Waals surface area contributed by atoms with Crippen molar-refractivity contribution in [1.29, 1.82) is 0 Å². The van der Waals surface area contributed by atoms with E-state index >= 15 is 0 Å². The van der Waals surface area contributed by atoms with Crippen molar-refractivity contribution in [3.8, 4) is 5.75 Å². The molecule has 1 aliphatic carbocycles. The van der Waals surface area contributed by atoms with Crippen LogP contribution < -0.4 is 5.32 Å². The van der Waals surface area contributed by atoms with Gasteiger partial charge in [0.1, 0.15) is 0 Å². The van der Waals surface area contributed by atoms with Gasteiger partial charge in [-0.3, -0.25) is 4.90 Å². The maximum Gasteiger partial charge on any atom is 0.165 e. The Kier molecular flexibility index (Phi) is 4.55. The average Bonchev–Trinajstić information content (AvgIpc) is 3.18. The molecule has 1 aliphatic rings. The fraction of sp³-hybridized carbons (Fsp3) is 0.571. The molecule has 1 fully saturated rings. The topological polar surface area (TPSA) is 35.5 Å². The van der Waals surface area contributed by atoms with Crippen LogP contribution in [0.4, 0.5) is 4.39 Å². The van der Waals surface area contributed by atoms with Gasteiger partial charge < -0.3 is 10.4 Å². The van der Waals surface area contributed by atoms with Gasteiger partial charge in [-0.05, 0) is 37.1 Å². The Morgan fingerprint density at radius 2 is 2.22 bits per heavy atom. The second-order valence-corrected chi connectivity index (χ2v) is 4.82. The van der Waals surface area contributed by atoms with Crippen molar-refractivity contribution < 1.29 is 9.50 Å². The maximum absolute atomic E-state index is 13.1. The molecule has 0 aliphatic heterocycles. The normalized spacial score (nSPS) is 15.3. The Morgan fingerprint density at radius 3 is 2.83 bits per heavy atom. The van der Waals surface area contributed by atoms with Crippen LogP contribution in [0, 0.1) is 5.82 Å². The van der Waals surface area contributed by atoms with Gasteiger partial charge in [0.2, 0.25) is 0 Å². The van der Waals surface area contributed by atoms with E-state index < -0.39 is 5.82 Å². The lowest BCUT2D eigenvalue weighted by Crippen LogP contribution is -2.33. The Morgan fingerprint density at radius 1 is 1.44 bits per heavy atom. The van der Waals surface area contributed by atoms with E-state index in [1.165, 1.54) is 25.0 Å². The number of nitrogens with zero attached hydrogens (tertiary/aromatic N) is 1. The minimum Gasteiger partial charge on any atom is -0.505 e. The zero-order valence-electron chi connectivity index (χ0n) is 10.8. The Labute approximate surface area is 108 Å². The van der Waals surface area contributed by atoms with Gasteiger partial charge in [-0.1, -0.05) is 13.0 Å². The first-order valence-corrected chi connectivity index (χ1v) is 6.63. The summed E-state index contributed by atoms with van der Waals surface area (Å²) in [6.07, 6.45) is 2.66. The highest BCUT2D eigenvalue weighted by atomic mass is 19.1. The molecule has 0 amide bonds. The van der Waals surface area contributed by atoms with Gasteiger partial charge in [-0.2, -0.15) is 0 Å². The SMILES string of the molecule is CCN(CCNCc1ccc(O)c(F)c1)C1CC1. The molecule has 2 rings (SSSR count). The van der Waals surface area contributed by atoms with E-state index in [2.05, 4.69) is 17.1 Å². The van der Waals surface area contributed by atoms with Gasteiger partial charge in [-0.25, -0.2) is 4.39 Å². The number of phenols is 1. The summed E-state index contributed by atoms with van der Waals surface area (Å²) in [5.41, 5.74) is 0.861. The molecule has 0 saturated heterocycles. The van der Waals surface area contributed by atoms with Crippen LogP contribution in [-0.4, -0.2) is 35.7 Å². The largest absolute Gasteiger partial charge is 0.505 e. The van der Waals surface area contributed by atoms with Crippen molar-refractivity contribution in [2.24, 2.45) is 0 Å². The summed E-state index contributed by atoms with van der Waals surface area (Å²) in [5.74, 6) is -0.841. The van der Waals surface area contributed by atoms with Crippen LogP contribution in [0.25, 0.3) is 0 Å². The molecule has 4 heteroatoms. The van der Waals surface area contributed by atoms with Gasteiger partial charge in [0.15, 0.2) is 11.6 Å². The molecule has 100 valence electrons. The summed E-state index contributed by atoms with van der Waals surface area (Å²) in [7, 11) is 0. The fourth-order valence-corrected chi connectivity index (χ4v) is 2.15. The smallest absolute Gasteiger partial charge is 0.165 e. The molecule has 1 aromatic rings. The minimum atomic E-state index is -0.553. The molecule has 0 aromatic heterocycles. The quantitative estimate of drug-likeness (QED) is 0.730. The van der Waals surface area contributed by atoms with Crippen molar-refractivity contribution in [3.63, 3.8) is 0 Å². The fourth-order valence-electron chi connectivity index (χ4n) is 2.15. The first kappa shape index (κ1) is 13.3. The number of rotatable bonds is 7. The number of hydrogen-bond acceptors (Lipinski definition) is 3. The molecule has 3 nitrogen and oxygen atoms in total. The first-order chi connectivity index (χ1) is 8.70. The molecular formula is C14H21FN2O. The lowest BCUT2D eigenvalue weighted by molar-refractivity contribution is 0.277. The number of aromatic hydroxyl groups is 1. The Hall–Kier alpha value is -1.13. The van der Waals surface area contributed by atoms with Gasteiger partial charge in [0.05, 0.1) is 0 Å². The lowest BCUT2D eigenvalue weighted by atomic mass is 10.2. The predicted molar refractivity (Wildman–Crippen MR) is 70.0 cm³/mol. The summed E-state index contributed by atoms with van der Waals surface area (Å²) >= 11 is 0. The van der Waals surface area contributed by atoms with Crippen LogP contribution in [0.15, 0.2) is 18.2 Å². The summed E-state index contributed by atoms with van der Waals surface area (Å²) < 4.78 is 13.1. The number of halogens is 1. The van der Waals surface area contributed by atoms with Crippen LogP contribution in [0.3, 0.4) is 0 Å². The molecule has 0 unspecified atom stereocenters. The highest BCUT2D eigenvalue weighted by Crippen LogP contribution is 2.25. The Bertz CT molecular complexity index is 393. The third-order valence-corrected chi connectivity index (χ3v) is 3.39. The second-order valence-electron chi connectivity index (χ2n) is 4.82. The third kappa shape index (κ3) is 3.68. The van der Waals surface area contributed by atoms with Crippen LogP contribution in [-0.2, 0) is 6.54 Å². The maximum atomic E-state index is 13.1. The van der Waals surface area contributed by atoms with Crippen molar-refractivity contribution in [2.75, 3.05) is 19.6 Å². The van der Waals surface area contributed by atoms with Crippen molar-refractivity contribution in [3.05, 3.63) is 29.6 Å². The summed E-state index contributed by atoms with van der Waals surface area (Å²) in [6.45, 7) is 5.88. The van der Waals surface area contributed by atoms with E-state index in [-0.39, 0.29) is 5.75 Å². The molecule has 18 heavy (non-hydrogen) atoms. The zero-order chi connectivity index (χ0) is 13.0. The molecule has 0 radical (unpaired) electrons. The van der Waals surface area contributed by atoms with E-state index in [4.69, 9.17) is 5.11 Å². The predicted octanol–water partition coefficient (Wildman–Crippen LogP) is 2.11. The van der Waals surface area contributed by atoms with E-state index in [9.17, 15) is 4.39 Å². The minimum absolute atomic E-state index is 0.287. The molecule has 1 saturated carbocycles. The molecule has 1 aromatic carbocycles. The summed E-state index contributed by atoms with van der Waals surface area (Å²) in [5, 5.41) is 12.4. The number of benzene rings is 1. The number of hydrogen-bond donors (Lipinski definition) is 2. The van der Waals surface area contributed by atoms with Crippen molar-refractivity contribution in [1.82, 2.24) is 10.2 Å². The van der Waals surface area contributed by atoms with Gasteiger partial charge in [0, 0.05) is 25.7 Å². The van der Waals surface area contributed by atoms with Crippen LogP contribution >= 0.6 is 0 Å². The summed E-state index contributed by atoms with van der Waals surface area (Å²) in [4.78, 5) is 2.48. The second kappa shape index (κ2) is 6.16. The molecule has 0 spiro atoms. The molecular weight excluding hydrogens is 231 g/mol. The van der Waals surface area contributed by atoms with E-state index in [0.29, 0.717) is 6.54 Å². The number of nitrogens with one attached hydrogen (secondary N) is 1. The van der Waals surface area contributed by atoms with E-state index in [0.717, 1.165) is 31.2 Å². The van der Waals surface area contributed by atoms with E-state index in [1.54, 1.807) is 6.07 Å². The number of likely N-dealkylation sites (N-methyl/N-ethyl adjacent to an activating group) is 1. The van der Waals surface area contributed by atoms with Crippen molar-refractivity contribution in [2.45, 2.75) is 32.4 Å². The molecule has 0 atom stereocenters. The zero-order valence-corrected chi connectivity index (χ0v) is 10.8. The van der Waals surface area contributed by atoms with Crippen LogP contribution in [0.5, 0.6) is 5.75 Å². The van der Waals surface area contributed by atoms with Gasteiger partial charge >= 0.3 is 0 Å². The Balaban J connectivity index is 1.69. The standard InChI is InChI=1S/C14H21FN2O/c1-2-17(12-4-5-12)8-7-16-10-11-3-6-14(18)13(15)9-11/h3,6,9,12,16,18H,2,4-5,7-8,10H2,1H3. The highest BCUT2D eigenvalue weighted by Gasteiger charge is 2.26. The summed E-state index contributed by atoms with van der Waals surface area (Å²) in [6, 6.07) is 5.31. The lowest BCUT2D eigenvalue weighted by Gasteiger charge is -2.19.